The summed E-state index contributed by atoms with van der Waals surface area (Å²) in [6.07, 6.45) is 0. The van der Waals surface area contributed by atoms with Crippen molar-refractivity contribution in [2.24, 2.45) is 5.14 Å². The van der Waals surface area contributed by atoms with Gasteiger partial charge in [-0.25, -0.2) is 13.6 Å². The van der Waals surface area contributed by atoms with Gasteiger partial charge in [0.15, 0.2) is 0 Å². The summed E-state index contributed by atoms with van der Waals surface area (Å²) in [4.78, 5) is 11.1. The first kappa shape index (κ1) is 13.2. The molecular formula is C11H12N2O3S. The van der Waals surface area contributed by atoms with Crippen molar-refractivity contribution in [1.29, 1.82) is 0 Å². The highest BCUT2D eigenvalue weighted by molar-refractivity contribution is 7.89. The van der Waals surface area contributed by atoms with Crippen molar-refractivity contribution in [2.45, 2.75) is 18.4 Å². The second-order valence-electron chi connectivity index (χ2n) is 3.25. The minimum Gasteiger partial charge on any atom is -0.341 e. The Hall–Kier alpha value is -1.84. The molecule has 0 fully saturated rings. The number of hydrogen-bond acceptors (Lipinski definition) is 3. The Morgan fingerprint density at radius 3 is 2.76 bits per heavy atom. The maximum Gasteiger partial charge on any atom is 0.296 e. The van der Waals surface area contributed by atoms with Crippen LogP contribution in [-0.4, -0.2) is 14.3 Å². The second-order valence-corrected chi connectivity index (χ2v) is 4.81. The number of nitrogens with one attached hydrogen (secondary N) is 1. The highest BCUT2D eigenvalue weighted by Crippen LogP contribution is 2.09. The van der Waals surface area contributed by atoms with Crippen LogP contribution in [0.15, 0.2) is 29.2 Å². The molecule has 0 heterocycles. The molecule has 0 aliphatic rings. The van der Waals surface area contributed by atoms with Gasteiger partial charge in [-0.15, -0.1) is 0 Å². The van der Waals surface area contributed by atoms with E-state index in [0.29, 0.717) is 5.56 Å². The number of hydrogen-bond donors (Lipinski definition) is 2. The molecule has 0 aromatic heterocycles. The molecule has 5 nitrogen and oxygen atoms in total. The third-order valence-corrected chi connectivity index (χ3v) is 2.83. The number of amides is 1. The number of carbonyl (C=O) groups is 1. The average molecular weight is 252 g/mol. The Bertz CT molecular complexity index is 582. The van der Waals surface area contributed by atoms with Gasteiger partial charge in [-0.3, -0.25) is 4.79 Å². The van der Waals surface area contributed by atoms with Gasteiger partial charge in [-0.05, 0) is 30.5 Å². The Labute approximate surface area is 100 Å². The van der Waals surface area contributed by atoms with E-state index >= 15 is 0 Å². The van der Waals surface area contributed by atoms with E-state index < -0.39 is 15.9 Å². The van der Waals surface area contributed by atoms with Crippen molar-refractivity contribution < 1.29 is 13.2 Å². The van der Waals surface area contributed by atoms with Gasteiger partial charge in [-0.1, -0.05) is 18.1 Å². The SMILES string of the molecule is CC#CC(=O)NCc1cccc(S(N)(=O)=O)c1. The molecule has 0 radical (unpaired) electrons. The molecule has 0 atom stereocenters. The molecular weight excluding hydrogens is 240 g/mol. The number of primary sulfonamides is 1. The van der Waals surface area contributed by atoms with Gasteiger partial charge in [0.25, 0.3) is 5.91 Å². The molecule has 3 N–H and O–H groups in total. The van der Waals surface area contributed by atoms with Crippen LogP contribution < -0.4 is 10.5 Å². The van der Waals surface area contributed by atoms with Gasteiger partial charge in [0.05, 0.1) is 4.90 Å². The maximum absolute atomic E-state index is 11.1. The van der Waals surface area contributed by atoms with Crippen LogP contribution in [0.4, 0.5) is 0 Å². The first-order valence-corrected chi connectivity index (χ1v) is 6.30. The lowest BCUT2D eigenvalue weighted by atomic mass is 10.2. The Kier molecular flexibility index (Phi) is 4.26. The predicted octanol–water partition coefficient (Wildman–Crippen LogP) is -0.0265. The van der Waals surface area contributed by atoms with Crippen molar-refractivity contribution in [3.8, 4) is 11.8 Å². The fourth-order valence-corrected chi connectivity index (χ4v) is 1.76. The standard InChI is InChI=1S/C11H12N2O3S/c1-2-4-11(14)13-8-9-5-3-6-10(7-9)17(12,15)16/h3,5-7H,8H2,1H3,(H,13,14)(H2,12,15,16). The zero-order chi connectivity index (χ0) is 12.9. The molecule has 1 rings (SSSR count). The lowest BCUT2D eigenvalue weighted by Crippen LogP contribution is -2.21. The van der Waals surface area contributed by atoms with E-state index in [9.17, 15) is 13.2 Å². The van der Waals surface area contributed by atoms with Crippen LogP contribution >= 0.6 is 0 Å². The highest BCUT2D eigenvalue weighted by atomic mass is 32.2. The summed E-state index contributed by atoms with van der Waals surface area (Å²) in [5, 5.41) is 7.52. The zero-order valence-electron chi connectivity index (χ0n) is 9.23. The lowest BCUT2D eigenvalue weighted by Gasteiger charge is -2.03. The molecule has 0 saturated heterocycles. The van der Waals surface area contributed by atoms with Gasteiger partial charge in [0, 0.05) is 6.54 Å². The summed E-state index contributed by atoms with van der Waals surface area (Å²) in [5.74, 6) is 4.37. The molecule has 0 saturated carbocycles. The summed E-state index contributed by atoms with van der Waals surface area (Å²) in [5.41, 5.74) is 0.641. The van der Waals surface area contributed by atoms with E-state index in [-0.39, 0.29) is 11.4 Å². The van der Waals surface area contributed by atoms with Crippen LogP contribution in [-0.2, 0) is 21.4 Å². The topological polar surface area (TPSA) is 89.3 Å². The van der Waals surface area contributed by atoms with E-state index in [2.05, 4.69) is 17.2 Å². The number of sulfonamides is 1. The van der Waals surface area contributed by atoms with Gasteiger partial charge in [0.2, 0.25) is 10.0 Å². The smallest absolute Gasteiger partial charge is 0.296 e. The first-order valence-electron chi connectivity index (χ1n) is 4.76. The zero-order valence-corrected chi connectivity index (χ0v) is 10.0. The minimum atomic E-state index is -3.71. The molecule has 0 aliphatic heterocycles. The normalized spacial score (nSPS) is 10.2. The Morgan fingerprint density at radius 1 is 1.47 bits per heavy atom. The molecule has 0 aliphatic carbocycles. The molecule has 0 unspecified atom stereocenters. The molecule has 1 amide bonds. The van der Waals surface area contributed by atoms with Gasteiger partial charge >= 0.3 is 0 Å². The van der Waals surface area contributed by atoms with Crippen molar-refractivity contribution >= 4 is 15.9 Å². The summed E-state index contributed by atoms with van der Waals surface area (Å²) < 4.78 is 22.2. The van der Waals surface area contributed by atoms with E-state index in [4.69, 9.17) is 5.14 Å². The summed E-state index contributed by atoms with van der Waals surface area (Å²) in [6.45, 7) is 1.76. The molecule has 17 heavy (non-hydrogen) atoms. The molecule has 6 heteroatoms. The molecule has 1 aromatic rings. The van der Waals surface area contributed by atoms with Gasteiger partial charge in [0.1, 0.15) is 0 Å². The van der Waals surface area contributed by atoms with Gasteiger partial charge in [-0.2, -0.15) is 0 Å². The average Bonchev–Trinajstić information content (AvgIpc) is 2.26. The van der Waals surface area contributed by atoms with Crippen molar-refractivity contribution in [1.82, 2.24) is 5.32 Å². The molecule has 90 valence electrons. The quantitative estimate of drug-likeness (QED) is 0.740. The third kappa shape index (κ3) is 4.26. The summed E-state index contributed by atoms with van der Waals surface area (Å²) in [7, 11) is -3.71. The number of benzene rings is 1. The first-order chi connectivity index (χ1) is 7.93. The Morgan fingerprint density at radius 2 is 2.18 bits per heavy atom. The third-order valence-electron chi connectivity index (χ3n) is 1.92. The summed E-state index contributed by atoms with van der Waals surface area (Å²) in [6, 6.07) is 6.06. The van der Waals surface area contributed by atoms with E-state index in [1.54, 1.807) is 19.1 Å². The number of rotatable bonds is 3. The monoisotopic (exact) mass is 252 g/mol. The van der Waals surface area contributed by atoms with Crippen LogP contribution in [0, 0.1) is 11.8 Å². The minimum absolute atomic E-state index is 0.0193. The predicted molar refractivity (Wildman–Crippen MR) is 63.1 cm³/mol. The van der Waals surface area contributed by atoms with Crippen molar-refractivity contribution in [2.75, 3.05) is 0 Å². The number of nitrogens with two attached hydrogens (primary N) is 1. The van der Waals surface area contributed by atoms with E-state index in [1.807, 2.05) is 0 Å². The van der Waals surface area contributed by atoms with E-state index in [0.717, 1.165) is 0 Å². The largest absolute Gasteiger partial charge is 0.341 e. The van der Waals surface area contributed by atoms with Crippen LogP contribution in [0.1, 0.15) is 12.5 Å². The van der Waals surface area contributed by atoms with E-state index in [1.165, 1.54) is 12.1 Å². The van der Waals surface area contributed by atoms with Crippen molar-refractivity contribution in [3.63, 3.8) is 0 Å². The van der Waals surface area contributed by atoms with Gasteiger partial charge < -0.3 is 5.32 Å². The molecule has 0 spiro atoms. The van der Waals surface area contributed by atoms with Crippen molar-refractivity contribution in [3.05, 3.63) is 29.8 Å². The van der Waals surface area contributed by atoms with Crippen LogP contribution in [0.2, 0.25) is 0 Å². The Balaban J connectivity index is 2.79. The lowest BCUT2D eigenvalue weighted by molar-refractivity contribution is -0.115. The molecule has 0 bridgehead atoms. The van der Waals surface area contributed by atoms with Crippen LogP contribution in [0.3, 0.4) is 0 Å². The fourth-order valence-electron chi connectivity index (χ4n) is 1.17. The number of carbonyl (C=O) groups excluding carboxylic acids is 1. The fraction of sp³-hybridized carbons (Fsp3) is 0.182. The second kappa shape index (κ2) is 5.48. The maximum atomic E-state index is 11.1. The highest BCUT2D eigenvalue weighted by Gasteiger charge is 2.07. The van der Waals surface area contributed by atoms with Crippen LogP contribution in [0.5, 0.6) is 0 Å². The molecule has 1 aromatic carbocycles. The summed E-state index contributed by atoms with van der Waals surface area (Å²) >= 11 is 0. The van der Waals surface area contributed by atoms with Crippen LogP contribution in [0.25, 0.3) is 0 Å².